The molecule has 0 unspecified atom stereocenters. The van der Waals surface area contributed by atoms with Crippen molar-refractivity contribution in [1.82, 2.24) is 10.7 Å². The Morgan fingerprint density at radius 3 is 2.46 bits per heavy atom. The molecule has 24 heavy (non-hydrogen) atoms. The number of nitrogens with zero attached hydrogens (tertiary/aromatic N) is 1. The van der Waals surface area contributed by atoms with Crippen LogP contribution in [0.4, 0.5) is 0 Å². The van der Waals surface area contributed by atoms with Gasteiger partial charge < -0.3 is 10.1 Å². The van der Waals surface area contributed by atoms with Gasteiger partial charge in [0.05, 0.1) is 6.61 Å². The summed E-state index contributed by atoms with van der Waals surface area (Å²) in [5.74, 6) is -0.924. The van der Waals surface area contributed by atoms with E-state index < -0.39 is 5.92 Å². The molecule has 2 aromatic carbocycles. The van der Waals surface area contributed by atoms with Gasteiger partial charge in [-0.1, -0.05) is 60.7 Å². The summed E-state index contributed by atoms with van der Waals surface area (Å²) in [6.07, 6.45) is 0. The van der Waals surface area contributed by atoms with Crippen molar-refractivity contribution in [2.45, 2.75) is 12.5 Å². The van der Waals surface area contributed by atoms with Gasteiger partial charge in [-0.15, -0.1) is 0 Å². The minimum atomic E-state index is -0.607. The molecule has 0 radical (unpaired) electrons. The minimum absolute atomic E-state index is 0.108. The zero-order chi connectivity index (χ0) is 16.8. The third-order valence-corrected chi connectivity index (χ3v) is 3.57. The van der Waals surface area contributed by atoms with E-state index in [0.29, 0.717) is 12.4 Å². The molecule has 122 valence electrons. The highest BCUT2D eigenvalue weighted by atomic mass is 16.5. The van der Waals surface area contributed by atoms with E-state index >= 15 is 0 Å². The fourth-order valence-corrected chi connectivity index (χ4v) is 2.44. The monoisotopic (exact) mass is 323 g/mol. The second kappa shape index (κ2) is 7.52. The molecule has 0 aromatic heterocycles. The van der Waals surface area contributed by atoms with Crippen LogP contribution in [0.3, 0.4) is 0 Å². The molecule has 6 nitrogen and oxygen atoms in total. The fraction of sp³-hybridized carbons (Fsp3) is 0.167. The van der Waals surface area contributed by atoms with Crippen molar-refractivity contribution in [2.75, 3.05) is 6.61 Å². The summed E-state index contributed by atoms with van der Waals surface area (Å²) in [6.45, 7) is 0.240. The predicted octanol–water partition coefficient (Wildman–Crippen LogP) is 1.55. The lowest BCUT2D eigenvalue weighted by Gasteiger charge is -2.12. The van der Waals surface area contributed by atoms with E-state index in [9.17, 15) is 9.59 Å². The largest absolute Gasteiger partial charge is 0.367 e. The van der Waals surface area contributed by atoms with Gasteiger partial charge in [0.15, 0.2) is 0 Å². The molecular weight excluding hydrogens is 306 g/mol. The Balaban J connectivity index is 1.55. The summed E-state index contributed by atoms with van der Waals surface area (Å²) >= 11 is 0. The van der Waals surface area contributed by atoms with Gasteiger partial charge in [-0.3, -0.25) is 9.59 Å². The van der Waals surface area contributed by atoms with E-state index in [1.54, 1.807) is 0 Å². The van der Waals surface area contributed by atoms with E-state index in [1.165, 1.54) is 0 Å². The van der Waals surface area contributed by atoms with Crippen LogP contribution in [0, 0.1) is 0 Å². The average molecular weight is 323 g/mol. The molecule has 2 N–H and O–H groups in total. The SMILES string of the molecule is O=C(COCc1ccccc1)NC1=NNC(=O)[C@@H]1c1ccccc1. The van der Waals surface area contributed by atoms with Crippen molar-refractivity contribution in [1.29, 1.82) is 0 Å². The number of rotatable bonds is 5. The summed E-state index contributed by atoms with van der Waals surface area (Å²) in [6, 6.07) is 18.8. The number of amides is 2. The summed E-state index contributed by atoms with van der Waals surface area (Å²) < 4.78 is 5.39. The molecule has 2 amide bonds. The highest BCUT2D eigenvalue weighted by Gasteiger charge is 2.32. The van der Waals surface area contributed by atoms with Crippen LogP contribution in [0.5, 0.6) is 0 Å². The molecule has 0 spiro atoms. The molecule has 0 saturated heterocycles. The Kier molecular flexibility index (Phi) is 4.98. The Bertz CT molecular complexity index is 745. The van der Waals surface area contributed by atoms with Crippen LogP contribution in [0.1, 0.15) is 17.0 Å². The quantitative estimate of drug-likeness (QED) is 0.876. The number of benzene rings is 2. The van der Waals surface area contributed by atoms with E-state index in [2.05, 4.69) is 15.8 Å². The molecule has 1 aliphatic heterocycles. The van der Waals surface area contributed by atoms with Crippen LogP contribution < -0.4 is 10.7 Å². The topological polar surface area (TPSA) is 79.8 Å². The maximum atomic E-state index is 12.0. The number of hydrogen-bond acceptors (Lipinski definition) is 4. The van der Waals surface area contributed by atoms with Crippen molar-refractivity contribution in [3.63, 3.8) is 0 Å². The van der Waals surface area contributed by atoms with Crippen LogP contribution in [0.25, 0.3) is 0 Å². The van der Waals surface area contributed by atoms with Gasteiger partial charge >= 0.3 is 0 Å². The third kappa shape index (κ3) is 3.85. The average Bonchev–Trinajstić information content (AvgIpc) is 2.97. The number of hydrogen-bond donors (Lipinski definition) is 2. The van der Waals surface area contributed by atoms with Crippen molar-refractivity contribution < 1.29 is 14.3 Å². The smallest absolute Gasteiger partial charge is 0.255 e. The van der Waals surface area contributed by atoms with Crippen LogP contribution in [0.2, 0.25) is 0 Å². The number of carbonyl (C=O) groups is 2. The van der Waals surface area contributed by atoms with Crippen LogP contribution >= 0.6 is 0 Å². The first-order valence-corrected chi connectivity index (χ1v) is 7.58. The number of nitrogens with one attached hydrogen (secondary N) is 2. The Labute approximate surface area is 139 Å². The second-order valence-corrected chi connectivity index (χ2v) is 5.34. The summed E-state index contributed by atoms with van der Waals surface area (Å²) in [4.78, 5) is 24.0. The summed E-state index contributed by atoms with van der Waals surface area (Å²) in [5, 5.41) is 6.56. The van der Waals surface area contributed by atoms with Gasteiger partial charge in [-0.25, -0.2) is 5.43 Å². The number of carbonyl (C=O) groups excluding carboxylic acids is 2. The Hall–Kier alpha value is -2.99. The van der Waals surface area contributed by atoms with Crippen LogP contribution in [0.15, 0.2) is 65.8 Å². The lowest BCUT2D eigenvalue weighted by Crippen LogP contribution is -2.37. The number of ether oxygens (including phenoxy) is 1. The molecule has 1 heterocycles. The van der Waals surface area contributed by atoms with Crippen molar-refractivity contribution in [2.24, 2.45) is 5.10 Å². The van der Waals surface area contributed by atoms with Crippen molar-refractivity contribution >= 4 is 17.6 Å². The zero-order valence-corrected chi connectivity index (χ0v) is 12.9. The second-order valence-electron chi connectivity index (χ2n) is 5.34. The molecule has 1 aliphatic rings. The molecule has 6 heteroatoms. The first-order valence-electron chi connectivity index (χ1n) is 7.58. The van der Waals surface area contributed by atoms with Crippen LogP contribution in [-0.4, -0.2) is 24.3 Å². The van der Waals surface area contributed by atoms with Gasteiger partial charge in [0, 0.05) is 0 Å². The van der Waals surface area contributed by atoms with Crippen molar-refractivity contribution in [3.8, 4) is 0 Å². The van der Waals surface area contributed by atoms with Crippen molar-refractivity contribution in [3.05, 3.63) is 71.8 Å². The fourth-order valence-electron chi connectivity index (χ4n) is 2.44. The first kappa shape index (κ1) is 15.9. The van der Waals surface area contributed by atoms with Gasteiger partial charge in [0.1, 0.15) is 18.4 Å². The van der Waals surface area contributed by atoms with Gasteiger partial charge in [-0.2, -0.15) is 5.10 Å². The van der Waals surface area contributed by atoms with Crippen LogP contribution in [-0.2, 0) is 20.9 Å². The van der Waals surface area contributed by atoms with E-state index in [-0.39, 0.29) is 18.4 Å². The zero-order valence-electron chi connectivity index (χ0n) is 12.9. The maximum Gasteiger partial charge on any atom is 0.255 e. The van der Waals surface area contributed by atoms with Gasteiger partial charge in [0.2, 0.25) is 0 Å². The van der Waals surface area contributed by atoms with Gasteiger partial charge in [0.25, 0.3) is 11.8 Å². The summed E-state index contributed by atoms with van der Waals surface area (Å²) in [5.41, 5.74) is 4.16. The minimum Gasteiger partial charge on any atom is -0.367 e. The molecule has 2 aromatic rings. The first-order chi connectivity index (χ1) is 11.7. The van der Waals surface area contributed by atoms with E-state index in [0.717, 1.165) is 11.1 Å². The lowest BCUT2D eigenvalue weighted by molar-refractivity contribution is -0.124. The summed E-state index contributed by atoms with van der Waals surface area (Å²) in [7, 11) is 0. The standard InChI is InChI=1S/C18H17N3O3/c22-15(12-24-11-13-7-3-1-4-8-13)19-17-16(18(23)21-20-17)14-9-5-2-6-10-14/h1-10,16H,11-12H2,(H,21,23)(H,19,20,22)/t16-/m1/s1. The predicted molar refractivity (Wildman–Crippen MR) is 89.0 cm³/mol. The highest BCUT2D eigenvalue weighted by Crippen LogP contribution is 2.20. The maximum absolute atomic E-state index is 12.0. The number of hydrazone groups is 1. The molecular formula is C18H17N3O3. The third-order valence-electron chi connectivity index (χ3n) is 3.57. The van der Waals surface area contributed by atoms with E-state index in [4.69, 9.17) is 4.74 Å². The Morgan fingerprint density at radius 2 is 1.75 bits per heavy atom. The molecule has 0 fully saturated rings. The highest BCUT2D eigenvalue weighted by molar-refractivity contribution is 6.16. The molecule has 0 aliphatic carbocycles. The number of amidine groups is 1. The Morgan fingerprint density at radius 1 is 1.08 bits per heavy atom. The van der Waals surface area contributed by atoms with Gasteiger partial charge in [-0.05, 0) is 11.1 Å². The lowest BCUT2D eigenvalue weighted by atomic mass is 9.98. The molecule has 0 saturated carbocycles. The molecule has 1 atom stereocenters. The normalized spacial score (nSPS) is 16.4. The molecule has 0 bridgehead atoms. The molecule has 3 rings (SSSR count). The van der Waals surface area contributed by atoms with E-state index in [1.807, 2.05) is 60.7 Å².